The molecule has 3 rings (SSSR count). The average molecular weight is 310 g/mol. The number of aromatic nitrogens is 2. The first-order valence-electron chi connectivity index (χ1n) is 8.16. The zero-order valence-corrected chi connectivity index (χ0v) is 13.7. The molecule has 0 bridgehead atoms. The maximum Gasteiger partial charge on any atom is 0.259 e. The lowest BCUT2D eigenvalue weighted by Gasteiger charge is -2.16. The Labute approximate surface area is 136 Å². The molecule has 5 heteroatoms. The van der Waals surface area contributed by atoms with Gasteiger partial charge in [-0.3, -0.25) is 4.79 Å². The first kappa shape index (κ1) is 15.5. The van der Waals surface area contributed by atoms with Gasteiger partial charge in [-0.25, -0.2) is 9.97 Å². The van der Waals surface area contributed by atoms with Gasteiger partial charge in [-0.2, -0.15) is 0 Å². The lowest BCUT2D eigenvalue weighted by molar-refractivity contribution is 0.102. The molecule has 1 fully saturated rings. The van der Waals surface area contributed by atoms with E-state index in [4.69, 9.17) is 0 Å². The first-order chi connectivity index (χ1) is 11.2. The van der Waals surface area contributed by atoms with Crippen LogP contribution in [0, 0.1) is 6.92 Å². The number of nitrogens with zero attached hydrogens (tertiary/aromatic N) is 3. The number of carbonyl (C=O) groups is 1. The summed E-state index contributed by atoms with van der Waals surface area (Å²) in [5.41, 5.74) is 3.23. The predicted octanol–water partition coefficient (Wildman–Crippen LogP) is 3.20. The van der Waals surface area contributed by atoms with E-state index in [1.54, 1.807) is 6.20 Å². The third-order valence-corrected chi connectivity index (χ3v) is 4.19. The molecule has 2 aromatic rings. The molecule has 0 saturated carbocycles. The summed E-state index contributed by atoms with van der Waals surface area (Å²) < 4.78 is 0. The van der Waals surface area contributed by atoms with Gasteiger partial charge in [0.05, 0.1) is 11.3 Å². The number of nitrogens with one attached hydrogen (secondary N) is 1. The third kappa shape index (κ3) is 3.50. The molecule has 23 heavy (non-hydrogen) atoms. The fourth-order valence-corrected chi connectivity index (χ4v) is 2.81. The Hall–Kier alpha value is -2.43. The molecular formula is C18H22N4O. The lowest BCUT2D eigenvalue weighted by atomic mass is 10.1. The largest absolute Gasteiger partial charge is 0.341 e. The van der Waals surface area contributed by atoms with Gasteiger partial charge in [0.2, 0.25) is 5.95 Å². The number of amides is 1. The molecule has 1 aliphatic heterocycles. The summed E-state index contributed by atoms with van der Waals surface area (Å²) in [5.74, 6) is 0.563. The summed E-state index contributed by atoms with van der Waals surface area (Å²) in [6.45, 7) is 5.94. The van der Waals surface area contributed by atoms with E-state index >= 15 is 0 Å². The number of aryl methyl sites for hydroxylation is 2. The van der Waals surface area contributed by atoms with Gasteiger partial charge in [-0.05, 0) is 43.9 Å². The van der Waals surface area contributed by atoms with E-state index in [0.717, 1.165) is 31.1 Å². The van der Waals surface area contributed by atoms with Crippen LogP contribution in [0.1, 0.15) is 41.4 Å². The van der Waals surface area contributed by atoms with Crippen LogP contribution in [-0.2, 0) is 6.42 Å². The van der Waals surface area contributed by atoms with E-state index in [0.29, 0.717) is 11.3 Å². The van der Waals surface area contributed by atoms with E-state index in [1.807, 2.05) is 25.1 Å². The van der Waals surface area contributed by atoms with Gasteiger partial charge in [-0.15, -0.1) is 0 Å². The Morgan fingerprint density at radius 3 is 2.78 bits per heavy atom. The molecule has 1 aliphatic rings. The van der Waals surface area contributed by atoms with E-state index in [9.17, 15) is 4.79 Å². The van der Waals surface area contributed by atoms with Gasteiger partial charge < -0.3 is 10.2 Å². The van der Waals surface area contributed by atoms with E-state index in [-0.39, 0.29) is 5.91 Å². The Bertz CT molecular complexity index is 708. The second-order valence-electron chi connectivity index (χ2n) is 5.87. The normalized spacial score (nSPS) is 14.1. The zero-order chi connectivity index (χ0) is 16.2. The molecule has 1 N–H and O–H groups in total. The minimum Gasteiger partial charge on any atom is -0.341 e. The summed E-state index contributed by atoms with van der Waals surface area (Å²) in [5, 5.41) is 2.93. The van der Waals surface area contributed by atoms with Crippen molar-refractivity contribution in [3.05, 3.63) is 47.3 Å². The van der Waals surface area contributed by atoms with Crippen molar-refractivity contribution < 1.29 is 4.79 Å². The standard InChI is InChI=1S/C18H22N4O/c1-3-14-7-6-8-15(11-14)21-17(23)16-12-19-18(20-13(16)2)22-9-4-5-10-22/h6-8,11-12H,3-5,9-10H2,1-2H3,(H,21,23). The van der Waals surface area contributed by atoms with Gasteiger partial charge in [0.15, 0.2) is 0 Å². The van der Waals surface area contributed by atoms with E-state index in [2.05, 4.69) is 33.2 Å². The molecule has 0 spiro atoms. The van der Waals surface area contributed by atoms with Crippen molar-refractivity contribution in [2.45, 2.75) is 33.1 Å². The highest BCUT2D eigenvalue weighted by Crippen LogP contribution is 2.18. The minimum atomic E-state index is -0.163. The van der Waals surface area contributed by atoms with Crippen molar-refractivity contribution in [3.8, 4) is 0 Å². The Kier molecular flexibility index (Phi) is 4.55. The van der Waals surface area contributed by atoms with Crippen LogP contribution >= 0.6 is 0 Å². The second-order valence-corrected chi connectivity index (χ2v) is 5.87. The maximum atomic E-state index is 12.5. The van der Waals surface area contributed by atoms with Gasteiger partial charge >= 0.3 is 0 Å². The monoisotopic (exact) mass is 310 g/mol. The number of anilines is 2. The van der Waals surface area contributed by atoms with Crippen LogP contribution in [0.2, 0.25) is 0 Å². The van der Waals surface area contributed by atoms with Crippen molar-refractivity contribution in [2.24, 2.45) is 0 Å². The van der Waals surface area contributed by atoms with E-state index < -0.39 is 0 Å². The number of carbonyl (C=O) groups excluding carboxylic acids is 1. The SMILES string of the molecule is CCc1cccc(NC(=O)c2cnc(N3CCCC3)nc2C)c1. The smallest absolute Gasteiger partial charge is 0.259 e. The van der Waals surface area contributed by atoms with Gasteiger partial charge in [0.1, 0.15) is 0 Å². The molecule has 120 valence electrons. The molecule has 0 unspecified atom stereocenters. The fraction of sp³-hybridized carbons (Fsp3) is 0.389. The highest BCUT2D eigenvalue weighted by Gasteiger charge is 2.18. The van der Waals surface area contributed by atoms with Gasteiger partial charge in [0, 0.05) is 25.0 Å². The minimum absolute atomic E-state index is 0.163. The van der Waals surface area contributed by atoms with Crippen LogP contribution in [0.3, 0.4) is 0 Å². The zero-order valence-electron chi connectivity index (χ0n) is 13.7. The first-order valence-corrected chi connectivity index (χ1v) is 8.16. The van der Waals surface area contributed by atoms with Gasteiger partial charge in [0.25, 0.3) is 5.91 Å². The Morgan fingerprint density at radius 1 is 1.30 bits per heavy atom. The molecule has 1 amide bonds. The van der Waals surface area contributed by atoms with Crippen LogP contribution in [0.15, 0.2) is 30.5 Å². The Morgan fingerprint density at radius 2 is 2.09 bits per heavy atom. The van der Waals surface area contributed by atoms with Crippen molar-refractivity contribution >= 4 is 17.5 Å². The van der Waals surface area contributed by atoms with Crippen LogP contribution in [0.5, 0.6) is 0 Å². The quantitative estimate of drug-likeness (QED) is 0.942. The van der Waals surface area contributed by atoms with Gasteiger partial charge in [-0.1, -0.05) is 19.1 Å². The average Bonchev–Trinajstić information content (AvgIpc) is 3.09. The lowest BCUT2D eigenvalue weighted by Crippen LogP contribution is -2.22. The molecule has 5 nitrogen and oxygen atoms in total. The van der Waals surface area contributed by atoms with Crippen LogP contribution in [-0.4, -0.2) is 29.0 Å². The third-order valence-electron chi connectivity index (χ3n) is 4.19. The summed E-state index contributed by atoms with van der Waals surface area (Å²) in [7, 11) is 0. The summed E-state index contributed by atoms with van der Waals surface area (Å²) in [4.78, 5) is 23.5. The highest BCUT2D eigenvalue weighted by molar-refractivity contribution is 6.04. The Balaban J connectivity index is 1.76. The second kappa shape index (κ2) is 6.77. The molecule has 0 atom stereocenters. The summed E-state index contributed by atoms with van der Waals surface area (Å²) in [6.07, 6.45) is 4.93. The molecular weight excluding hydrogens is 288 g/mol. The van der Waals surface area contributed by atoms with E-state index in [1.165, 1.54) is 18.4 Å². The number of benzene rings is 1. The maximum absolute atomic E-state index is 12.5. The number of hydrogen-bond acceptors (Lipinski definition) is 4. The van der Waals surface area contributed by atoms with Crippen molar-refractivity contribution in [1.82, 2.24) is 9.97 Å². The summed E-state index contributed by atoms with van der Waals surface area (Å²) in [6, 6.07) is 7.89. The fourth-order valence-electron chi connectivity index (χ4n) is 2.81. The highest BCUT2D eigenvalue weighted by atomic mass is 16.1. The van der Waals surface area contributed by atoms with Crippen molar-refractivity contribution in [3.63, 3.8) is 0 Å². The molecule has 1 aromatic carbocycles. The topological polar surface area (TPSA) is 58.1 Å². The molecule has 1 aromatic heterocycles. The van der Waals surface area contributed by atoms with Crippen molar-refractivity contribution in [2.75, 3.05) is 23.3 Å². The number of hydrogen-bond donors (Lipinski definition) is 1. The molecule has 1 saturated heterocycles. The van der Waals surface area contributed by atoms with Crippen LogP contribution in [0.4, 0.5) is 11.6 Å². The molecule has 2 heterocycles. The predicted molar refractivity (Wildman–Crippen MR) is 92.0 cm³/mol. The summed E-state index contributed by atoms with van der Waals surface area (Å²) >= 11 is 0. The number of rotatable bonds is 4. The molecule has 0 aliphatic carbocycles. The molecule has 0 radical (unpaired) electrons. The van der Waals surface area contributed by atoms with Crippen molar-refractivity contribution in [1.29, 1.82) is 0 Å². The van der Waals surface area contributed by atoms with Crippen LogP contribution < -0.4 is 10.2 Å². The van der Waals surface area contributed by atoms with Crippen LogP contribution in [0.25, 0.3) is 0 Å².